The summed E-state index contributed by atoms with van der Waals surface area (Å²) in [5, 5.41) is 6.86. The molecule has 1 aliphatic carbocycles. The molecule has 0 spiro atoms. The zero-order valence-electron chi connectivity index (χ0n) is 17.5. The number of amides is 1. The minimum absolute atomic E-state index is 0. The van der Waals surface area contributed by atoms with E-state index in [1.807, 2.05) is 18.3 Å². The smallest absolute Gasteiger partial charge is 0.234 e. The molecule has 1 amide bonds. The van der Waals surface area contributed by atoms with Gasteiger partial charge >= 0.3 is 0 Å². The Bertz CT molecular complexity index is 767. The van der Waals surface area contributed by atoms with E-state index >= 15 is 0 Å². The molecule has 6 heteroatoms. The lowest BCUT2D eigenvalue weighted by Crippen LogP contribution is -2.50. The van der Waals surface area contributed by atoms with Crippen LogP contribution in [0.15, 0.2) is 54.9 Å². The van der Waals surface area contributed by atoms with Gasteiger partial charge in [0.15, 0.2) is 0 Å². The number of halogens is 1. The first-order chi connectivity index (χ1) is 14.3. The quantitative estimate of drug-likeness (QED) is 0.732. The third-order valence-electron chi connectivity index (χ3n) is 6.37. The molecular formula is C24H33ClN4O. The van der Waals surface area contributed by atoms with E-state index in [4.69, 9.17) is 0 Å². The molecule has 2 heterocycles. The zero-order valence-corrected chi connectivity index (χ0v) is 18.3. The van der Waals surface area contributed by atoms with Crippen LogP contribution in [-0.2, 0) is 4.79 Å². The summed E-state index contributed by atoms with van der Waals surface area (Å²) in [7, 11) is 0. The van der Waals surface area contributed by atoms with Gasteiger partial charge in [0, 0.05) is 38.1 Å². The molecular weight excluding hydrogens is 396 g/mol. The number of piperazine rings is 1. The fraction of sp³-hybridized carbons (Fsp3) is 0.500. The molecule has 2 N–H and O–H groups in total. The number of hydrogen-bond acceptors (Lipinski definition) is 4. The van der Waals surface area contributed by atoms with Gasteiger partial charge in [0.25, 0.3) is 0 Å². The predicted molar refractivity (Wildman–Crippen MR) is 123 cm³/mol. The Balaban J connectivity index is 0.00000256. The minimum atomic E-state index is 0. The normalized spacial score (nSPS) is 21.4. The summed E-state index contributed by atoms with van der Waals surface area (Å²) in [6.45, 7) is 3.06. The van der Waals surface area contributed by atoms with Gasteiger partial charge in [-0.05, 0) is 36.0 Å². The zero-order chi connectivity index (χ0) is 19.9. The van der Waals surface area contributed by atoms with E-state index in [9.17, 15) is 4.79 Å². The maximum Gasteiger partial charge on any atom is 0.234 e. The van der Waals surface area contributed by atoms with Gasteiger partial charge < -0.3 is 10.6 Å². The summed E-state index contributed by atoms with van der Waals surface area (Å²) in [4.78, 5) is 19.7. The number of aromatic nitrogens is 1. The molecule has 1 saturated heterocycles. The number of carbonyl (C=O) groups excluding carboxylic acids is 1. The highest BCUT2D eigenvalue weighted by Gasteiger charge is 2.29. The summed E-state index contributed by atoms with van der Waals surface area (Å²) in [6, 6.07) is 14.9. The lowest BCUT2D eigenvalue weighted by molar-refractivity contribution is -0.124. The van der Waals surface area contributed by atoms with Crippen molar-refractivity contribution < 1.29 is 4.79 Å². The van der Waals surface area contributed by atoms with Crippen LogP contribution in [0.1, 0.15) is 55.3 Å². The fourth-order valence-electron chi connectivity index (χ4n) is 4.84. The number of nitrogens with zero attached hydrogens (tertiary/aromatic N) is 2. The van der Waals surface area contributed by atoms with Gasteiger partial charge in [-0.15, -0.1) is 12.4 Å². The highest BCUT2D eigenvalue weighted by atomic mass is 35.5. The van der Waals surface area contributed by atoms with Crippen molar-refractivity contribution in [1.82, 2.24) is 20.5 Å². The Morgan fingerprint density at radius 1 is 1.13 bits per heavy atom. The monoisotopic (exact) mass is 428 g/mol. The van der Waals surface area contributed by atoms with Crippen molar-refractivity contribution in [2.24, 2.45) is 5.92 Å². The molecule has 2 fully saturated rings. The van der Waals surface area contributed by atoms with Crippen LogP contribution in [0.5, 0.6) is 0 Å². The number of pyridine rings is 1. The molecule has 0 radical (unpaired) electrons. The van der Waals surface area contributed by atoms with E-state index in [1.165, 1.54) is 43.2 Å². The second-order valence-corrected chi connectivity index (χ2v) is 8.33. The summed E-state index contributed by atoms with van der Waals surface area (Å²) < 4.78 is 0. The van der Waals surface area contributed by atoms with Crippen molar-refractivity contribution >= 4 is 18.3 Å². The molecule has 1 aromatic heterocycles. The molecule has 2 aromatic rings. The van der Waals surface area contributed by atoms with Crippen molar-refractivity contribution in [3.63, 3.8) is 0 Å². The second kappa shape index (κ2) is 11.4. The van der Waals surface area contributed by atoms with E-state index in [-0.39, 0.29) is 30.4 Å². The minimum Gasteiger partial charge on any atom is -0.348 e. The Labute approximate surface area is 186 Å². The molecule has 1 aromatic carbocycles. The van der Waals surface area contributed by atoms with Gasteiger partial charge in [-0.1, -0.05) is 55.7 Å². The average Bonchev–Trinajstić information content (AvgIpc) is 2.79. The number of benzene rings is 1. The van der Waals surface area contributed by atoms with E-state index in [1.54, 1.807) is 6.20 Å². The number of nitrogens with one attached hydrogen (secondary N) is 2. The molecule has 4 rings (SSSR count). The lowest BCUT2D eigenvalue weighted by Gasteiger charge is -2.37. The van der Waals surface area contributed by atoms with Crippen molar-refractivity contribution in [3.8, 4) is 0 Å². The Morgan fingerprint density at radius 3 is 2.67 bits per heavy atom. The first-order valence-electron chi connectivity index (χ1n) is 11.0. The van der Waals surface area contributed by atoms with Gasteiger partial charge in [-0.2, -0.15) is 0 Å². The van der Waals surface area contributed by atoms with Crippen molar-refractivity contribution in [1.29, 1.82) is 0 Å². The standard InChI is InChI=1S/C24H32N4O.ClH/c29-23(18-28-15-14-26-17-22(28)21-12-7-13-25-16-21)27-24(19-8-3-1-4-9-19)20-10-5-2-6-11-20;/h1,3-4,7-9,12-13,16,20,22,24,26H,2,5-6,10-11,14-15,17-18H2,(H,27,29);1H. The number of rotatable bonds is 6. The van der Waals surface area contributed by atoms with Crippen LogP contribution in [-0.4, -0.2) is 42.0 Å². The maximum absolute atomic E-state index is 13.1. The van der Waals surface area contributed by atoms with Crippen LogP contribution in [0.2, 0.25) is 0 Å². The molecule has 2 aliphatic rings. The molecule has 162 valence electrons. The van der Waals surface area contributed by atoms with Crippen molar-refractivity contribution in [3.05, 3.63) is 66.0 Å². The Hall–Kier alpha value is -1.95. The van der Waals surface area contributed by atoms with E-state index in [0.29, 0.717) is 12.5 Å². The van der Waals surface area contributed by atoms with Crippen molar-refractivity contribution in [2.75, 3.05) is 26.2 Å². The molecule has 5 nitrogen and oxygen atoms in total. The SMILES string of the molecule is Cl.O=C(CN1CCNCC1c1cccnc1)NC(c1ccccc1)C1CCCCC1. The fourth-order valence-corrected chi connectivity index (χ4v) is 4.84. The molecule has 1 saturated carbocycles. The summed E-state index contributed by atoms with van der Waals surface area (Å²) in [6.07, 6.45) is 9.97. The second-order valence-electron chi connectivity index (χ2n) is 8.33. The predicted octanol–water partition coefficient (Wildman–Crippen LogP) is 3.89. The largest absolute Gasteiger partial charge is 0.348 e. The average molecular weight is 429 g/mol. The Kier molecular flexibility index (Phi) is 8.67. The first kappa shape index (κ1) is 22.7. The van der Waals surface area contributed by atoms with Crippen LogP contribution in [0.25, 0.3) is 0 Å². The van der Waals surface area contributed by atoms with Crippen molar-refractivity contribution in [2.45, 2.75) is 44.2 Å². The molecule has 0 bridgehead atoms. The van der Waals surface area contributed by atoms with E-state index in [0.717, 1.165) is 19.6 Å². The number of carbonyl (C=O) groups is 1. The van der Waals surface area contributed by atoms with Gasteiger partial charge in [-0.25, -0.2) is 0 Å². The summed E-state index contributed by atoms with van der Waals surface area (Å²) in [5.41, 5.74) is 2.40. The van der Waals surface area contributed by atoms with Crippen LogP contribution in [0.3, 0.4) is 0 Å². The van der Waals surface area contributed by atoms with Gasteiger partial charge in [0.05, 0.1) is 12.6 Å². The van der Waals surface area contributed by atoms with Crippen LogP contribution in [0, 0.1) is 5.92 Å². The summed E-state index contributed by atoms with van der Waals surface area (Å²) in [5.74, 6) is 0.660. The first-order valence-corrected chi connectivity index (χ1v) is 11.0. The van der Waals surface area contributed by atoms with E-state index < -0.39 is 0 Å². The van der Waals surface area contributed by atoms with E-state index in [2.05, 4.69) is 50.8 Å². The third kappa shape index (κ3) is 5.81. The highest BCUT2D eigenvalue weighted by molar-refractivity contribution is 5.85. The van der Waals surface area contributed by atoms with Crippen LogP contribution < -0.4 is 10.6 Å². The van der Waals surface area contributed by atoms with Crippen LogP contribution >= 0.6 is 12.4 Å². The maximum atomic E-state index is 13.1. The molecule has 30 heavy (non-hydrogen) atoms. The van der Waals surface area contributed by atoms with Crippen LogP contribution in [0.4, 0.5) is 0 Å². The van der Waals surface area contributed by atoms with Gasteiger partial charge in [-0.3, -0.25) is 14.7 Å². The molecule has 2 unspecified atom stereocenters. The van der Waals surface area contributed by atoms with Gasteiger partial charge in [0.2, 0.25) is 5.91 Å². The van der Waals surface area contributed by atoms with Gasteiger partial charge in [0.1, 0.15) is 0 Å². The topological polar surface area (TPSA) is 57.3 Å². The third-order valence-corrected chi connectivity index (χ3v) is 6.37. The lowest BCUT2D eigenvalue weighted by atomic mass is 9.81. The summed E-state index contributed by atoms with van der Waals surface area (Å²) >= 11 is 0. The number of hydrogen-bond donors (Lipinski definition) is 2. The molecule has 2 atom stereocenters. The Morgan fingerprint density at radius 2 is 1.93 bits per heavy atom. The molecule has 1 aliphatic heterocycles. The highest BCUT2D eigenvalue weighted by Crippen LogP contribution is 2.34.